The van der Waals surface area contributed by atoms with E-state index in [1.807, 2.05) is 6.07 Å². The maximum absolute atomic E-state index is 12.6. The van der Waals surface area contributed by atoms with Crippen LogP contribution in [0, 0.1) is 0 Å². The molecule has 1 atom stereocenters. The molecule has 0 amide bonds. The van der Waals surface area contributed by atoms with Crippen molar-refractivity contribution in [1.82, 2.24) is 0 Å². The minimum atomic E-state index is -0.765. The van der Waals surface area contributed by atoms with E-state index in [4.69, 9.17) is 23.7 Å². The molecule has 0 aromatic heterocycles. The van der Waals surface area contributed by atoms with E-state index in [9.17, 15) is 9.59 Å². The van der Waals surface area contributed by atoms with Crippen LogP contribution < -0.4 is 18.9 Å². The first kappa shape index (κ1) is 17.9. The summed E-state index contributed by atoms with van der Waals surface area (Å²) in [5.74, 6) is 1.61. The number of carbonyl (C=O) groups is 2. The van der Waals surface area contributed by atoms with Crippen molar-refractivity contribution in [2.45, 2.75) is 20.0 Å². The SMILES string of the molecule is CCOC(=O)C(C)Oc1ccc2c(c1)O/C(=C\c1ccc3c(c1)OCO3)C2=O. The molecule has 0 radical (unpaired) electrons. The van der Waals surface area contributed by atoms with Crippen molar-refractivity contribution in [3.05, 3.63) is 53.3 Å². The lowest BCUT2D eigenvalue weighted by atomic mass is 10.1. The monoisotopic (exact) mass is 382 g/mol. The highest BCUT2D eigenvalue weighted by atomic mass is 16.7. The van der Waals surface area contributed by atoms with Crippen molar-refractivity contribution in [2.75, 3.05) is 13.4 Å². The number of benzene rings is 2. The molecule has 2 heterocycles. The Morgan fingerprint density at radius 3 is 2.79 bits per heavy atom. The van der Waals surface area contributed by atoms with E-state index in [1.165, 1.54) is 0 Å². The fourth-order valence-electron chi connectivity index (χ4n) is 2.91. The third-order valence-electron chi connectivity index (χ3n) is 4.27. The molecule has 2 aromatic carbocycles. The number of ether oxygens (including phenoxy) is 5. The van der Waals surface area contributed by atoms with Gasteiger partial charge in [-0.2, -0.15) is 0 Å². The molecule has 28 heavy (non-hydrogen) atoms. The normalized spacial score (nSPS) is 16.5. The van der Waals surface area contributed by atoms with Crippen LogP contribution in [-0.4, -0.2) is 31.3 Å². The van der Waals surface area contributed by atoms with Gasteiger partial charge in [0.25, 0.3) is 0 Å². The Morgan fingerprint density at radius 1 is 1.14 bits per heavy atom. The molecular weight excluding hydrogens is 364 g/mol. The van der Waals surface area contributed by atoms with Gasteiger partial charge in [-0.25, -0.2) is 4.79 Å². The molecule has 4 rings (SSSR count). The highest BCUT2D eigenvalue weighted by Gasteiger charge is 2.28. The molecule has 0 saturated heterocycles. The van der Waals surface area contributed by atoms with Crippen LogP contribution in [0.25, 0.3) is 6.08 Å². The number of carbonyl (C=O) groups excluding carboxylic acids is 2. The highest BCUT2D eigenvalue weighted by Crippen LogP contribution is 2.37. The third kappa shape index (κ3) is 3.38. The van der Waals surface area contributed by atoms with Gasteiger partial charge in [-0.05, 0) is 49.8 Å². The number of hydrogen-bond acceptors (Lipinski definition) is 7. The summed E-state index contributed by atoms with van der Waals surface area (Å²) in [4.78, 5) is 24.3. The zero-order valence-corrected chi connectivity index (χ0v) is 15.4. The summed E-state index contributed by atoms with van der Waals surface area (Å²) < 4.78 is 26.9. The maximum Gasteiger partial charge on any atom is 0.347 e. The topological polar surface area (TPSA) is 80.3 Å². The summed E-state index contributed by atoms with van der Waals surface area (Å²) in [6.45, 7) is 3.79. The molecule has 0 saturated carbocycles. The van der Waals surface area contributed by atoms with Crippen molar-refractivity contribution < 1.29 is 33.3 Å². The molecule has 0 N–H and O–H groups in total. The Kier molecular flexibility index (Phi) is 4.65. The van der Waals surface area contributed by atoms with Crippen molar-refractivity contribution in [1.29, 1.82) is 0 Å². The standard InChI is InChI=1S/C21H18O7/c1-3-24-21(23)12(2)27-14-5-6-15-17(10-14)28-19(20(15)22)9-13-4-7-16-18(8-13)26-11-25-16/h4-10,12H,3,11H2,1-2H3/b19-9-. The minimum absolute atomic E-state index is 0.184. The van der Waals surface area contributed by atoms with E-state index < -0.39 is 12.1 Å². The second-order valence-electron chi connectivity index (χ2n) is 6.22. The van der Waals surface area contributed by atoms with Crippen LogP contribution in [-0.2, 0) is 9.53 Å². The van der Waals surface area contributed by atoms with Crippen molar-refractivity contribution in [3.63, 3.8) is 0 Å². The van der Waals surface area contributed by atoms with Gasteiger partial charge in [0.05, 0.1) is 12.2 Å². The zero-order chi connectivity index (χ0) is 19.7. The van der Waals surface area contributed by atoms with Gasteiger partial charge in [0.15, 0.2) is 23.4 Å². The average molecular weight is 382 g/mol. The third-order valence-corrected chi connectivity index (χ3v) is 4.27. The van der Waals surface area contributed by atoms with Gasteiger partial charge in [0.2, 0.25) is 12.6 Å². The van der Waals surface area contributed by atoms with E-state index in [-0.39, 0.29) is 24.9 Å². The van der Waals surface area contributed by atoms with Crippen LogP contribution in [0.15, 0.2) is 42.2 Å². The number of Topliss-reactive ketones (excluding diaryl/α,β-unsaturated/α-hetero) is 1. The predicted octanol–water partition coefficient (Wildman–Crippen LogP) is 3.36. The Balaban J connectivity index is 1.52. The minimum Gasteiger partial charge on any atom is -0.479 e. The molecule has 0 aliphatic carbocycles. The maximum atomic E-state index is 12.6. The first-order valence-corrected chi connectivity index (χ1v) is 8.86. The lowest BCUT2D eigenvalue weighted by Crippen LogP contribution is -2.26. The Bertz CT molecular complexity index is 977. The fraction of sp³-hybridized carbons (Fsp3) is 0.238. The van der Waals surface area contributed by atoms with Gasteiger partial charge < -0.3 is 23.7 Å². The second-order valence-corrected chi connectivity index (χ2v) is 6.22. The van der Waals surface area contributed by atoms with Gasteiger partial charge in [0, 0.05) is 6.07 Å². The van der Waals surface area contributed by atoms with Crippen LogP contribution in [0.4, 0.5) is 0 Å². The van der Waals surface area contributed by atoms with E-state index in [1.54, 1.807) is 50.3 Å². The molecule has 0 spiro atoms. The fourth-order valence-corrected chi connectivity index (χ4v) is 2.91. The first-order chi connectivity index (χ1) is 13.5. The molecule has 144 valence electrons. The predicted molar refractivity (Wildman–Crippen MR) is 98.7 cm³/mol. The number of hydrogen-bond donors (Lipinski definition) is 0. The lowest BCUT2D eigenvalue weighted by molar-refractivity contribution is -0.150. The van der Waals surface area contributed by atoms with Crippen molar-refractivity contribution in [2.24, 2.45) is 0 Å². The second kappa shape index (κ2) is 7.26. The summed E-state index contributed by atoms with van der Waals surface area (Å²) in [7, 11) is 0. The Hall–Kier alpha value is -3.48. The molecule has 1 unspecified atom stereocenters. The quantitative estimate of drug-likeness (QED) is 0.579. The molecule has 2 aromatic rings. The molecule has 2 aliphatic heterocycles. The molecular formula is C21H18O7. The molecule has 0 bridgehead atoms. The van der Waals surface area contributed by atoms with Gasteiger partial charge in [-0.1, -0.05) is 6.07 Å². The van der Waals surface area contributed by atoms with Gasteiger partial charge in [-0.3, -0.25) is 4.79 Å². The Morgan fingerprint density at radius 2 is 1.96 bits per heavy atom. The highest BCUT2D eigenvalue weighted by molar-refractivity contribution is 6.14. The van der Waals surface area contributed by atoms with E-state index in [0.29, 0.717) is 28.6 Å². The number of esters is 1. The number of allylic oxidation sites excluding steroid dienone is 1. The summed E-state index contributed by atoms with van der Waals surface area (Å²) in [5.41, 5.74) is 1.19. The number of fused-ring (bicyclic) bond motifs is 2. The van der Waals surface area contributed by atoms with Gasteiger partial charge >= 0.3 is 5.97 Å². The van der Waals surface area contributed by atoms with Crippen molar-refractivity contribution >= 4 is 17.8 Å². The van der Waals surface area contributed by atoms with Crippen LogP contribution in [0.2, 0.25) is 0 Å². The number of ketones is 1. The Labute approximate surface area is 161 Å². The first-order valence-electron chi connectivity index (χ1n) is 8.86. The molecule has 2 aliphatic rings. The van der Waals surface area contributed by atoms with E-state index in [0.717, 1.165) is 5.56 Å². The van der Waals surface area contributed by atoms with E-state index >= 15 is 0 Å². The van der Waals surface area contributed by atoms with Crippen LogP contribution in [0.3, 0.4) is 0 Å². The molecule has 7 heteroatoms. The van der Waals surface area contributed by atoms with E-state index in [2.05, 4.69) is 0 Å². The summed E-state index contributed by atoms with van der Waals surface area (Å²) in [6.07, 6.45) is 0.880. The summed E-state index contributed by atoms with van der Waals surface area (Å²) in [6, 6.07) is 10.2. The van der Waals surface area contributed by atoms with Gasteiger partial charge in [0.1, 0.15) is 11.5 Å². The van der Waals surface area contributed by atoms with Crippen LogP contribution in [0.1, 0.15) is 29.8 Å². The lowest BCUT2D eigenvalue weighted by Gasteiger charge is -2.13. The van der Waals surface area contributed by atoms with Crippen molar-refractivity contribution in [3.8, 4) is 23.0 Å². The summed E-state index contributed by atoms with van der Waals surface area (Å²) in [5, 5.41) is 0. The van der Waals surface area contributed by atoms with Gasteiger partial charge in [-0.15, -0.1) is 0 Å². The number of rotatable bonds is 5. The van der Waals surface area contributed by atoms with Crippen LogP contribution >= 0.6 is 0 Å². The smallest absolute Gasteiger partial charge is 0.347 e. The molecule has 7 nitrogen and oxygen atoms in total. The van der Waals surface area contributed by atoms with Crippen LogP contribution in [0.5, 0.6) is 23.0 Å². The average Bonchev–Trinajstić information content (AvgIpc) is 3.26. The largest absolute Gasteiger partial charge is 0.479 e. The zero-order valence-electron chi connectivity index (χ0n) is 15.4. The summed E-state index contributed by atoms with van der Waals surface area (Å²) >= 11 is 0. The molecule has 0 fully saturated rings.